The van der Waals surface area contributed by atoms with Crippen molar-refractivity contribution >= 4 is 0 Å². The van der Waals surface area contributed by atoms with E-state index in [0.717, 1.165) is 18.9 Å². The molecule has 1 nitrogen and oxygen atoms in total. The van der Waals surface area contributed by atoms with Gasteiger partial charge in [0, 0.05) is 6.54 Å². The normalized spacial score (nSPS) is 34.4. The number of alkyl halides is 1. The minimum atomic E-state index is -0.608. The Balaban J connectivity index is 0.000000145. The van der Waals surface area contributed by atoms with Crippen molar-refractivity contribution < 1.29 is 4.39 Å². The molecule has 1 aliphatic carbocycles. The number of nitrogens with one attached hydrogen (secondary N) is 1. The average molecular weight is 187 g/mol. The molecule has 1 N–H and O–H groups in total. The van der Waals surface area contributed by atoms with Crippen LogP contribution in [-0.4, -0.2) is 19.3 Å². The summed E-state index contributed by atoms with van der Waals surface area (Å²) in [7, 11) is 0. The van der Waals surface area contributed by atoms with E-state index >= 15 is 0 Å². The van der Waals surface area contributed by atoms with Crippen LogP contribution in [-0.2, 0) is 0 Å². The van der Waals surface area contributed by atoms with Crippen molar-refractivity contribution in [2.45, 2.75) is 45.7 Å². The molecule has 0 spiro atoms. The van der Waals surface area contributed by atoms with Crippen molar-refractivity contribution in [2.24, 2.45) is 11.8 Å². The van der Waals surface area contributed by atoms with Crippen molar-refractivity contribution in [1.82, 2.24) is 5.32 Å². The van der Waals surface area contributed by atoms with Gasteiger partial charge in [0.2, 0.25) is 0 Å². The lowest BCUT2D eigenvalue weighted by molar-refractivity contribution is 0.194. The largest absolute Gasteiger partial charge is 0.314 e. The Labute approximate surface area is 81.1 Å². The number of halogens is 1. The maximum absolute atomic E-state index is 12.5. The van der Waals surface area contributed by atoms with Gasteiger partial charge in [-0.15, -0.1) is 0 Å². The summed E-state index contributed by atoms with van der Waals surface area (Å²) in [6.07, 6.45) is 4.84. The molecular weight excluding hydrogens is 165 g/mol. The molecule has 0 radical (unpaired) electrons. The van der Waals surface area contributed by atoms with Gasteiger partial charge >= 0.3 is 0 Å². The van der Waals surface area contributed by atoms with E-state index in [4.69, 9.17) is 0 Å². The van der Waals surface area contributed by atoms with Gasteiger partial charge in [-0.05, 0) is 24.8 Å². The number of hydrogen-bond donors (Lipinski definition) is 1. The van der Waals surface area contributed by atoms with Crippen LogP contribution in [0.1, 0.15) is 39.5 Å². The van der Waals surface area contributed by atoms with E-state index in [1.807, 2.05) is 6.92 Å². The standard InChI is InChI=1S/C6H12FN.C5H10/c1-5-2-3-8-4-6(5)7;1-5-3-2-4-5/h5-6,8H,2-4H2,1H3;5H,2-4H2,1H3/t5-,6-;/m0./s1. The highest BCUT2D eigenvalue weighted by Crippen LogP contribution is 2.24. The molecule has 13 heavy (non-hydrogen) atoms. The molecule has 0 aromatic heterocycles. The highest BCUT2D eigenvalue weighted by atomic mass is 19.1. The summed E-state index contributed by atoms with van der Waals surface area (Å²) >= 11 is 0. The Kier molecular flexibility index (Phi) is 4.71. The lowest BCUT2D eigenvalue weighted by Crippen LogP contribution is -2.36. The van der Waals surface area contributed by atoms with Crippen molar-refractivity contribution in [3.8, 4) is 0 Å². The molecule has 2 fully saturated rings. The highest BCUT2D eigenvalue weighted by Gasteiger charge is 2.18. The molecule has 2 aliphatic rings. The lowest BCUT2D eigenvalue weighted by atomic mass is 9.88. The minimum Gasteiger partial charge on any atom is -0.314 e. The van der Waals surface area contributed by atoms with E-state index in [2.05, 4.69) is 12.2 Å². The van der Waals surface area contributed by atoms with Gasteiger partial charge in [-0.2, -0.15) is 0 Å². The zero-order valence-electron chi connectivity index (χ0n) is 8.85. The molecule has 2 heteroatoms. The molecule has 0 bridgehead atoms. The molecule has 1 heterocycles. The second-order valence-corrected chi connectivity index (χ2v) is 4.52. The monoisotopic (exact) mass is 187 g/mol. The predicted molar refractivity (Wildman–Crippen MR) is 54.6 cm³/mol. The molecular formula is C11H22FN. The van der Waals surface area contributed by atoms with E-state index in [0.29, 0.717) is 6.54 Å². The Hall–Kier alpha value is -0.110. The molecule has 2 rings (SSSR count). The first-order valence-electron chi connectivity index (χ1n) is 5.55. The topological polar surface area (TPSA) is 12.0 Å². The molecule has 0 aromatic carbocycles. The second-order valence-electron chi connectivity index (χ2n) is 4.52. The third kappa shape index (κ3) is 4.08. The summed E-state index contributed by atoms with van der Waals surface area (Å²) in [6.45, 7) is 5.82. The molecule has 1 aliphatic heterocycles. The van der Waals surface area contributed by atoms with Crippen LogP contribution in [0.2, 0.25) is 0 Å². The van der Waals surface area contributed by atoms with Crippen LogP contribution in [0, 0.1) is 11.8 Å². The summed E-state index contributed by atoms with van der Waals surface area (Å²) in [4.78, 5) is 0. The summed E-state index contributed by atoms with van der Waals surface area (Å²) in [5.74, 6) is 1.34. The fraction of sp³-hybridized carbons (Fsp3) is 1.00. The third-order valence-corrected chi connectivity index (χ3v) is 3.13. The van der Waals surface area contributed by atoms with Crippen LogP contribution >= 0.6 is 0 Å². The zero-order valence-corrected chi connectivity index (χ0v) is 8.85. The van der Waals surface area contributed by atoms with E-state index in [-0.39, 0.29) is 5.92 Å². The molecule has 1 saturated heterocycles. The van der Waals surface area contributed by atoms with Gasteiger partial charge in [0.25, 0.3) is 0 Å². The van der Waals surface area contributed by atoms with Crippen LogP contribution in [0.3, 0.4) is 0 Å². The van der Waals surface area contributed by atoms with Crippen molar-refractivity contribution in [3.05, 3.63) is 0 Å². The van der Waals surface area contributed by atoms with Gasteiger partial charge in [-0.25, -0.2) is 4.39 Å². The quantitative estimate of drug-likeness (QED) is 0.615. The Morgan fingerprint density at radius 2 is 1.77 bits per heavy atom. The van der Waals surface area contributed by atoms with Gasteiger partial charge in [0.15, 0.2) is 0 Å². The maximum atomic E-state index is 12.5. The number of rotatable bonds is 0. The van der Waals surface area contributed by atoms with Gasteiger partial charge < -0.3 is 5.32 Å². The Bertz CT molecular complexity index is 124. The van der Waals surface area contributed by atoms with Crippen LogP contribution in [0.4, 0.5) is 4.39 Å². The van der Waals surface area contributed by atoms with Crippen LogP contribution in [0.25, 0.3) is 0 Å². The Morgan fingerprint density at radius 1 is 1.15 bits per heavy atom. The van der Waals surface area contributed by atoms with Crippen molar-refractivity contribution in [3.63, 3.8) is 0 Å². The highest BCUT2D eigenvalue weighted by molar-refractivity contribution is 4.73. The number of piperidine rings is 1. The molecule has 1 saturated carbocycles. The second kappa shape index (κ2) is 5.58. The summed E-state index contributed by atoms with van der Waals surface area (Å²) in [6, 6.07) is 0. The first kappa shape index (κ1) is 11.0. The smallest absolute Gasteiger partial charge is 0.115 e. The van der Waals surface area contributed by atoms with Gasteiger partial charge in [-0.1, -0.05) is 33.1 Å². The van der Waals surface area contributed by atoms with Gasteiger partial charge in [0.05, 0.1) is 0 Å². The van der Waals surface area contributed by atoms with Crippen LogP contribution in [0.5, 0.6) is 0 Å². The fourth-order valence-corrected chi connectivity index (χ4v) is 1.56. The van der Waals surface area contributed by atoms with Gasteiger partial charge in [0.1, 0.15) is 6.17 Å². The molecule has 0 aromatic rings. The van der Waals surface area contributed by atoms with Gasteiger partial charge in [-0.3, -0.25) is 0 Å². The van der Waals surface area contributed by atoms with Crippen LogP contribution < -0.4 is 5.32 Å². The molecule has 0 unspecified atom stereocenters. The Morgan fingerprint density at radius 3 is 2.00 bits per heavy atom. The van der Waals surface area contributed by atoms with E-state index in [1.54, 1.807) is 0 Å². The van der Waals surface area contributed by atoms with E-state index in [1.165, 1.54) is 19.3 Å². The average Bonchev–Trinajstić information content (AvgIpc) is 2.08. The van der Waals surface area contributed by atoms with Crippen molar-refractivity contribution in [2.75, 3.05) is 13.1 Å². The van der Waals surface area contributed by atoms with Crippen molar-refractivity contribution in [1.29, 1.82) is 0 Å². The third-order valence-electron chi connectivity index (χ3n) is 3.13. The lowest BCUT2D eigenvalue weighted by Gasteiger charge is -2.22. The first-order valence-corrected chi connectivity index (χ1v) is 5.55. The first-order chi connectivity index (χ1) is 6.20. The zero-order chi connectivity index (χ0) is 9.68. The summed E-state index contributed by atoms with van der Waals surface area (Å²) in [5, 5.41) is 2.99. The van der Waals surface area contributed by atoms with Crippen LogP contribution in [0.15, 0.2) is 0 Å². The molecule has 0 amide bonds. The predicted octanol–water partition coefficient (Wildman–Crippen LogP) is 2.76. The summed E-state index contributed by atoms with van der Waals surface area (Å²) in [5.41, 5.74) is 0. The van der Waals surface area contributed by atoms with E-state index < -0.39 is 6.17 Å². The molecule has 2 atom stereocenters. The minimum absolute atomic E-state index is 0.274. The summed E-state index contributed by atoms with van der Waals surface area (Å²) < 4.78 is 12.5. The maximum Gasteiger partial charge on any atom is 0.115 e. The number of hydrogen-bond acceptors (Lipinski definition) is 1. The SMILES string of the molecule is CC1CCC1.C[C@H]1CCNC[C@@H]1F. The molecule has 78 valence electrons. The fourth-order valence-electron chi connectivity index (χ4n) is 1.56. The van der Waals surface area contributed by atoms with E-state index in [9.17, 15) is 4.39 Å².